The number of ether oxygens (including phenoxy) is 3. The first-order valence-electron chi connectivity index (χ1n) is 7.53. The lowest BCUT2D eigenvalue weighted by atomic mass is 10.2. The van der Waals surface area contributed by atoms with Crippen molar-refractivity contribution < 1.29 is 14.2 Å². The minimum absolute atomic E-state index is 0.111. The molecule has 21 heavy (non-hydrogen) atoms. The predicted molar refractivity (Wildman–Crippen MR) is 87.1 cm³/mol. The first kappa shape index (κ1) is 16.6. The number of nitrogens with one attached hydrogen (secondary N) is 1. The van der Waals surface area contributed by atoms with Gasteiger partial charge in [-0.3, -0.25) is 0 Å². The van der Waals surface area contributed by atoms with E-state index in [1.54, 1.807) is 0 Å². The van der Waals surface area contributed by atoms with Crippen LogP contribution in [0.4, 0.5) is 0 Å². The zero-order valence-electron chi connectivity index (χ0n) is 12.9. The SMILES string of the molecule is CCOc1cc(CNC(C)C)cc(Br)c1OC1CCOC1. The molecule has 1 unspecified atom stereocenters. The maximum atomic E-state index is 6.05. The van der Waals surface area contributed by atoms with Crippen LogP contribution < -0.4 is 14.8 Å². The summed E-state index contributed by atoms with van der Waals surface area (Å²) in [5, 5.41) is 3.41. The van der Waals surface area contributed by atoms with Crippen LogP contribution in [-0.2, 0) is 11.3 Å². The molecule has 118 valence electrons. The van der Waals surface area contributed by atoms with E-state index in [4.69, 9.17) is 14.2 Å². The third-order valence-electron chi connectivity index (χ3n) is 3.26. The van der Waals surface area contributed by atoms with Gasteiger partial charge in [0, 0.05) is 19.0 Å². The molecular weight excluding hydrogens is 334 g/mol. The molecule has 1 aromatic rings. The zero-order chi connectivity index (χ0) is 15.2. The topological polar surface area (TPSA) is 39.7 Å². The van der Waals surface area contributed by atoms with Gasteiger partial charge in [-0.2, -0.15) is 0 Å². The molecule has 4 nitrogen and oxygen atoms in total. The predicted octanol–water partition coefficient (Wildman–Crippen LogP) is 3.51. The van der Waals surface area contributed by atoms with Crippen LogP contribution in [0.15, 0.2) is 16.6 Å². The minimum atomic E-state index is 0.111. The van der Waals surface area contributed by atoms with E-state index in [1.807, 2.05) is 6.92 Å². The molecule has 1 aliphatic rings. The van der Waals surface area contributed by atoms with Crippen molar-refractivity contribution in [2.24, 2.45) is 0 Å². The van der Waals surface area contributed by atoms with Crippen molar-refractivity contribution in [1.29, 1.82) is 0 Å². The van der Waals surface area contributed by atoms with Gasteiger partial charge in [0.05, 0.1) is 24.3 Å². The largest absolute Gasteiger partial charge is 0.490 e. The number of hydrogen-bond donors (Lipinski definition) is 1. The van der Waals surface area contributed by atoms with Crippen LogP contribution in [0.1, 0.15) is 32.8 Å². The highest BCUT2D eigenvalue weighted by atomic mass is 79.9. The van der Waals surface area contributed by atoms with Gasteiger partial charge in [-0.15, -0.1) is 0 Å². The van der Waals surface area contributed by atoms with Gasteiger partial charge >= 0.3 is 0 Å². The van der Waals surface area contributed by atoms with Gasteiger partial charge in [0.1, 0.15) is 6.10 Å². The molecule has 2 rings (SSSR count). The minimum Gasteiger partial charge on any atom is -0.490 e. The van der Waals surface area contributed by atoms with E-state index in [2.05, 4.69) is 47.2 Å². The summed E-state index contributed by atoms with van der Waals surface area (Å²) in [4.78, 5) is 0. The first-order valence-corrected chi connectivity index (χ1v) is 8.32. The van der Waals surface area contributed by atoms with Crippen molar-refractivity contribution in [2.45, 2.75) is 45.9 Å². The fraction of sp³-hybridized carbons (Fsp3) is 0.625. The van der Waals surface area contributed by atoms with Crippen LogP contribution >= 0.6 is 15.9 Å². The van der Waals surface area contributed by atoms with E-state index in [1.165, 1.54) is 5.56 Å². The summed E-state index contributed by atoms with van der Waals surface area (Å²) in [7, 11) is 0. The molecule has 5 heteroatoms. The Balaban J connectivity index is 2.17. The number of halogens is 1. The van der Waals surface area contributed by atoms with E-state index < -0.39 is 0 Å². The van der Waals surface area contributed by atoms with E-state index in [9.17, 15) is 0 Å². The Hall–Kier alpha value is -0.780. The van der Waals surface area contributed by atoms with Gasteiger partial charge in [-0.25, -0.2) is 0 Å². The van der Waals surface area contributed by atoms with E-state index >= 15 is 0 Å². The number of rotatable bonds is 7. The molecule has 1 fully saturated rings. The van der Waals surface area contributed by atoms with Crippen LogP contribution in [0.25, 0.3) is 0 Å². The van der Waals surface area contributed by atoms with Gasteiger partial charge in [0.2, 0.25) is 0 Å². The van der Waals surface area contributed by atoms with Gasteiger partial charge in [-0.05, 0) is 40.5 Å². The molecule has 1 saturated heterocycles. The Labute approximate surface area is 135 Å². The maximum absolute atomic E-state index is 6.05. The lowest BCUT2D eigenvalue weighted by Gasteiger charge is -2.19. The van der Waals surface area contributed by atoms with Crippen LogP contribution in [0.3, 0.4) is 0 Å². The Morgan fingerprint density at radius 2 is 2.24 bits per heavy atom. The van der Waals surface area contributed by atoms with Gasteiger partial charge in [0.25, 0.3) is 0 Å². The quantitative estimate of drug-likeness (QED) is 0.810. The lowest BCUT2D eigenvalue weighted by molar-refractivity contribution is 0.137. The summed E-state index contributed by atoms with van der Waals surface area (Å²) >= 11 is 3.61. The third-order valence-corrected chi connectivity index (χ3v) is 3.85. The molecule has 1 atom stereocenters. The summed E-state index contributed by atoms with van der Waals surface area (Å²) in [6.07, 6.45) is 1.04. The van der Waals surface area contributed by atoms with Crippen molar-refractivity contribution >= 4 is 15.9 Å². The van der Waals surface area contributed by atoms with E-state index in [0.29, 0.717) is 19.3 Å². The smallest absolute Gasteiger partial charge is 0.175 e. The second-order valence-corrected chi connectivity index (χ2v) is 6.33. The average molecular weight is 358 g/mol. The Morgan fingerprint density at radius 3 is 2.86 bits per heavy atom. The zero-order valence-corrected chi connectivity index (χ0v) is 14.5. The molecule has 1 aromatic carbocycles. The van der Waals surface area contributed by atoms with Crippen molar-refractivity contribution in [3.8, 4) is 11.5 Å². The Bertz CT molecular complexity index is 459. The summed E-state index contributed by atoms with van der Waals surface area (Å²) in [6, 6.07) is 4.59. The molecule has 0 radical (unpaired) electrons. The molecule has 0 bridgehead atoms. The van der Waals surface area contributed by atoms with Crippen LogP contribution in [0, 0.1) is 0 Å². The van der Waals surface area contributed by atoms with Crippen molar-refractivity contribution in [3.63, 3.8) is 0 Å². The molecule has 1 aliphatic heterocycles. The van der Waals surface area contributed by atoms with Crippen LogP contribution in [-0.4, -0.2) is 32.0 Å². The Morgan fingerprint density at radius 1 is 1.43 bits per heavy atom. The first-order chi connectivity index (χ1) is 10.1. The molecule has 0 saturated carbocycles. The Kier molecular flexibility index (Phi) is 6.33. The summed E-state index contributed by atoms with van der Waals surface area (Å²) in [5.41, 5.74) is 1.18. The highest BCUT2D eigenvalue weighted by Crippen LogP contribution is 2.38. The highest BCUT2D eigenvalue weighted by Gasteiger charge is 2.21. The number of hydrogen-bond acceptors (Lipinski definition) is 4. The van der Waals surface area contributed by atoms with Crippen LogP contribution in [0.5, 0.6) is 11.5 Å². The monoisotopic (exact) mass is 357 g/mol. The van der Waals surface area contributed by atoms with E-state index in [-0.39, 0.29) is 6.10 Å². The van der Waals surface area contributed by atoms with Crippen LogP contribution in [0.2, 0.25) is 0 Å². The molecule has 0 aromatic heterocycles. The second kappa shape index (κ2) is 8.01. The molecule has 0 amide bonds. The van der Waals surface area contributed by atoms with Gasteiger partial charge in [-0.1, -0.05) is 13.8 Å². The van der Waals surface area contributed by atoms with Crippen molar-refractivity contribution in [1.82, 2.24) is 5.32 Å². The third kappa shape index (κ3) is 4.87. The molecule has 0 spiro atoms. The second-order valence-electron chi connectivity index (χ2n) is 5.48. The fourth-order valence-corrected chi connectivity index (χ4v) is 2.78. The van der Waals surface area contributed by atoms with Crippen molar-refractivity contribution in [2.75, 3.05) is 19.8 Å². The average Bonchev–Trinajstić information content (AvgIpc) is 2.93. The molecular formula is C16H24BrNO3. The molecule has 1 N–H and O–H groups in total. The van der Waals surface area contributed by atoms with Gasteiger partial charge < -0.3 is 19.5 Å². The lowest BCUT2D eigenvalue weighted by Crippen LogP contribution is -2.22. The van der Waals surface area contributed by atoms with Crippen molar-refractivity contribution in [3.05, 3.63) is 22.2 Å². The summed E-state index contributed by atoms with van der Waals surface area (Å²) < 4.78 is 18.1. The van der Waals surface area contributed by atoms with Gasteiger partial charge in [0.15, 0.2) is 11.5 Å². The summed E-state index contributed by atoms with van der Waals surface area (Å²) in [5.74, 6) is 1.57. The maximum Gasteiger partial charge on any atom is 0.175 e. The highest BCUT2D eigenvalue weighted by molar-refractivity contribution is 9.10. The fourth-order valence-electron chi connectivity index (χ4n) is 2.20. The molecule has 0 aliphatic carbocycles. The standard InChI is InChI=1S/C16H24BrNO3/c1-4-20-15-8-12(9-18-11(2)3)7-14(17)16(15)21-13-5-6-19-10-13/h7-8,11,13,18H,4-6,9-10H2,1-3H3. The molecule has 1 heterocycles. The van der Waals surface area contributed by atoms with E-state index in [0.717, 1.165) is 35.5 Å². The summed E-state index contributed by atoms with van der Waals surface area (Å²) in [6.45, 7) is 9.09. The normalized spacial score (nSPS) is 18.2. The number of benzene rings is 1.